The molecule has 0 aliphatic carbocycles. The van der Waals surface area contributed by atoms with Gasteiger partial charge in [-0.15, -0.1) is 0 Å². The predicted molar refractivity (Wildman–Crippen MR) is 70.9 cm³/mol. The Balaban J connectivity index is 3.76. The van der Waals surface area contributed by atoms with E-state index >= 15 is 0 Å². The van der Waals surface area contributed by atoms with E-state index < -0.39 is 0 Å². The van der Waals surface area contributed by atoms with Gasteiger partial charge in [-0.3, -0.25) is 0 Å². The van der Waals surface area contributed by atoms with E-state index in [9.17, 15) is 0 Å². The molecule has 0 bridgehead atoms. The van der Waals surface area contributed by atoms with E-state index in [1.54, 1.807) is 0 Å². The van der Waals surface area contributed by atoms with E-state index in [4.69, 9.17) is 0 Å². The van der Waals surface area contributed by atoms with Gasteiger partial charge in [0.05, 0.1) is 0 Å². The third-order valence-corrected chi connectivity index (χ3v) is 1.67. The van der Waals surface area contributed by atoms with Crippen LogP contribution in [0.3, 0.4) is 0 Å². The third kappa shape index (κ3) is 12.7. The topological polar surface area (TPSA) is 0 Å². The first kappa shape index (κ1) is 13.7. The van der Waals surface area contributed by atoms with E-state index in [0.717, 1.165) is 6.42 Å². The molecular formula is C15H22. The van der Waals surface area contributed by atoms with Gasteiger partial charge in [-0.25, -0.2) is 0 Å². The minimum absolute atomic E-state index is 1.02. The standard InChI is InChI=1S/C15H22/c1-14(2)12-10-8-6-5-7-9-11-13-15(3)4/h5-10,12-13H,11H2,1-4H3. The van der Waals surface area contributed by atoms with Crippen molar-refractivity contribution >= 4 is 0 Å². The van der Waals surface area contributed by atoms with Gasteiger partial charge in [0.15, 0.2) is 0 Å². The Morgan fingerprint density at radius 2 is 1.33 bits per heavy atom. The molecule has 0 nitrogen and oxygen atoms in total. The predicted octanol–water partition coefficient (Wildman–Crippen LogP) is 4.98. The molecule has 0 aromatic rings. The van der Waals surface area contributed by atoms with Crippen LogP contribution < -0.4 is 0 Å². The lowest BCUT2D eigenvalue weighted by Crippen LogP contribution is -1.63. The van der Waals surface area contributed by atoms with Crippen LogP contribution in [-0.2, 0) is 0 Å². The summed E-state index contributed by atoms with van der Waals surface area (Å²) in [7, 11) is 0. The van der Waals surface area contributed by atoms with Crippen molar-refractivity contribution in [3.63, 3.8) is 0 Å². The molecule has 82 valence electrons. The Labute approximate surface area is 94.4 Å². The van der Waals surface area contributed by atoms with E-state index in [0.29, 0.717) is 0 Å². The number of allylic oxidation sites excluding steroid dienone is 10. The molecule has 0 heteroatoms. The van der Waals surface area contributed by atoms with Gasteiger partial charge >= 0.3 is 0 Å². The van der Waals surface area contributed by atoms with Gasteiger partial charge in [-0.1, -0.05) is 59.8 Å². The van der Waals surface area contributed by atoms with E-state index in [-0.39, 0.29) is 0 Å². The normalized spacial score (nSPS) is 11.5. The molecule has 15 heavy (non-hydrogen) atoms. The van der Waals surface area contributed by atoms with Crippen LogP contribution in [0.15, 0.2) is 59.8 Å². The van der Waals surface area contributed by atoms with Crippen LogP contribution in [0.5, 0.6) is 0 Å². The van der Waals surface area contributed by atoms with Crippen molar-refractivity contribution in [2.75, 3.05) is 0 Å². The second-order valence-corrected chi connectivity index (χ2v) is 3.96. The van der Waals surface area contributed by atoms with Crippen molar-refractivity contribution in [3.8, 4) is 0 Å². The lowest BCUT2D eigenvalue weighted by Gasteiger charge is -1.84. The summed E-state index contributed by atoms with van der Waals surface area (Å²) in [5, 5.41) is 0. The van der Waals surface area contributed by atoms with Gasteiger partial charge < -0.3 is 0 Å². The summed E-state index contributed by atoms with van der Waals surface area (Å²) in [6, 6.07) is 0. The quantitative estimate of drug-likeness (QED) is 0.436. The summed E-state index contributed by atoms with van der Waals surface area (Å²) in [4.78, 5) is 0. The number of rotatable bonds is 5. The molecule has 0 spiro atoms. The number of hydrogen-bond donors (Lipinski definition) is 0. The summed E-state index contributed by atoms with van der Waals surface area (Å²) in [6.45, 7) is 8.42. The SMILES string of the molecule is CC(C)=CC=CC=CC=CCC=C(C)C. The highest BCUT2D eigenvalue weighted by atomic mass is 13.8. The summed E-state index contributed by atoms with van der Waals surface area (Å²) >= 11 is 0. The molecule has 0 aromatic carbocycles. The average Bonchev–Trinajstić information content (AvgIpc) is 2.14. The summed E-state index contributed by atoms with van der Waals surface area (Å²) in [5.41, 5.74) is 2.69. The summed E-state index contributed by atoms with van der Waals surface area (Å²) < 4.78 is 0. The maximum atomic E-state index is 2.21. The van der Waals surface area contributed by atoms with E-state index in [2.05, 4.69) is 58.1 Å². The molecule has 0 aromatic heterocycles. The molecule has 0 aliphatic heterocycles. The van der Waals surface area contributed by atoms with Crippen molar-refractivity contribution in [1.29, 1.82) is 0 Å². The van der Waals surface area contributed by atoms with Crippen molar-refractivity contribution in [2.45, 2.75) is 34.1 Å². The zero-order valence-corrected chi connectivity index (χ0v) is 10.3. The molecule has 0 amide bonds. The average molecular weight is 202 g/mol. The summed E-state index contributed by atoms with van der Waals surface area (Å²) in [5.74, 6) is 0. The van der Waals surface area contributed by atoms with Crippen LogP contribution >= 0.6 is 0 Å². The Bertz CT molecular complexity index is 288. The molecule has 0 fully saturated rings. The zero-order chi connectivity index (χ0) is 11.5. The van der Waals surface area contributed by atoms with Gasteiger partial charge in [0.1, 0.15) is 0 Å². The fourth-order valence-corrected chi connectivity index (χ4v) is 0.901. The van der Waals surface area contributed by atoms with Crippen molar-refractivity contribution in [2.24, 2.45) is 0 Å². The van der Waals surface area contributed by atoms with Crippen LogP contribution in [0.4, 0.5) is 0 Å². The zero-order valence-electron chi connectivity index (χ0n) is 10.3. The number of hydrogen-bond acceptors (Lipinski definition) is 0. The van der Waals surface area contributed by atoms with Crippen molar-refractivity contribution in [3.05, 3.63) is 59.8 Å². The first-order chi connectivity index (χ1) is 7.13. The van der Waals surface area contributed by atoms with Gasteiger partial charge in [0.2, 0.25) is 0 Å². The van der Waals surface area contributed by atoms with E-state index in [1.165, 1.54) is 11.1 Å². The second kappa shape index (κ2) is 9.26. The van der Waals surface area contributed by atoms with Crippen LogP contribution in [-0.4, -0.2) is 0 Å². The Morgan fingerprint density at radius 3 is 1.93 bits per heavy atom. The molecule has 0 unspecified atom stereocenters. The van der Waals surface area contributed by atoms with Crippen LogP contribution in [0, 0.1) is 0 Å². The molecule has 0 rings (SSSR count). The molecule has 0 aliphatic rings. The maximum absolute atomic E-state index is 2.21. The Morgan fingerprint density at radius 1 is 0.733 bits per heavy atom. The highest BCUT2D eigenvalue weighted by Gasteiger charge is 1.73. The second-order valence-electron chi connectivity index (χ2n) is 3.96. The highest BCUT2D eigenvalue weighted by molar-refractivity contribution is 5.17. The lowest BCUT2D eigenvalue weighted by molar-refractivity contribution is 1.28. The molecule has 0 heterocycles. The minimum Gasteiger partial charge on any atom is -0.0821 e. The van der Waals surface area contributed by atoms with Crippen LogP contribution in [0.25, 0.3) is 0 Å². The Kier molecular flexibility index (Phi) is 8.46. The lowest BCUT2D eigenvalue weighted by atomic mass is 10.2. The fourth-order valence-electron chi connectivity index (χ4n) is 0.901. The molecule has 0 saturated carbocycles. The molecule has 0 N–H and O–H groups in total. The monoisotopic (exact) mass is 202 g/mol. The maximum Gasteiger partial charge on any atom is -0.0164 e. The highest BCUT2D eigenvalue weighted by Crippen LogP contribution is 1.94. The molecule has 0 radical (unpaired) electrons. The largest absolute Gasteiger partial charge is 0.0821 e. The van der Waals surface area contributed by atoms with Crippen molar-refractivity contribution in [1.82, 2.24) is 0 Å². The Hall–Kier alpha value is -1.30. The first-order valence-electron chi connectivity index (χ1n) is 5.39. The smallest absolute Gasteiger partial charge is 0.0164 e. The third-order valence-electron chi connectivity index (χ3n) is 1.67. The van der Waals surface area contributed by atoms with Gasteiger partial charge in [0.25, 0.3) is 0 Å². The summed E-state index contributed by atoms with van der Waals surface area (Å²) in [6.07, 6.45) is 17.7. The first-order valence-corrected chi connectivity index (χ1v) is 5.39. The molecular weight excluding hydrogens is 180 g/mol. The van der Waals surface area contributed by atoms with Crippen molar-refractivity contribution < 1.29 is 0 Å². The van der Waals surface area contributed by atoms with Gasteiger partial charge in [-0.05, 0) is 34.1 Å². The van der Waals surface area contributed by atoms with E-state index in [1.807, 2.05) is 18.2 Å². The van der Waals surface area contributed by atoms with Gasteiger partial charge in [0, 0.05) is 0 Å². The molecule has 0 saturated heterocycles. The van der Waals surface area contributed by atoms with Crippen LogP contribution in [0.1, 0.15) is 34.1 Å². The van der Waals surface area contributed by atoms with Gasteiger partial charge in [-0.2, -0.15) is 0 Å². The van der Waals surface area contributed by atoms with Crippen LogP contribution in [0.2, 0.25) is 0 Å². The minimum atomic E-state index is 1.02. The molecule has 0 atom stereocenters. The fraction of sp³-hybridized carbons (Fsp3) is 0.333.